The number of amides is 1. The minimum absolute atomic E-state index is 0.000816. The maximum absolute atomic E-state index is 14.4. The van der Waals surface area contributed by atoms with E-state index in [1.54, 1.807) is 0 Å². The summed E-state index contributed by atoms with van der Waals surface area (Å²) in [5, 5.41) is 12.6. The number of rotatable bonds is 12. The first-order valence-corrected chi connectivity index (χ1v) is 31.5. The Hall–Kier alpha value is -8.41. The highest BCUT2D eigenvalue weighted by atomic mass is 16.1. The van der Waals surface area contributed by atoms with Gasteiger partial charge in [0.05, 0.1) is 22.7 Å². The lowest BCUT2D eigenvalue weighted by molar-refractivity contribution is 0.102. The smallest absolute Gasteiger partial charge is 0.255 e. The second-order valence-corrected chi connectivity index (χ2v) is 30.7. The fraction of sp³-hybridized carbons (Fsp3) is 0.313. The standard InChI is InChI=1S/C83H92N4O/c1-76(2,3)58-22-34-64(35-23-58)82(65-36-24-59(25-37-65)77(4,5)6,66-38-26-60(27-39-66)78(7,8)9)70-46-50-72(51-47-70)84-75(88)57-21-19-20-56(54-57)74-55-87(86-85-74)73-52-48-71(49-53-73)83(67-40-28-61(29-41-67)79(10,11)12,68-42-30-62(31-43-68)80(13,14)15)69-44-32-63(33-45-69)81(16,17)18/h19-55H,1-18H3,(H,84,88). The minimum Gasteiger partial charge on any atom is -0.322 e. The van der Waals surface area contributed by atoms with E-state index in [4.69, 9.17) is 0 Å². The molecule has 0 saturated heterocycles. The van der Waals surface area contributed by atoms with E-state index in [9.17, 15) is 4.79 Å². The van der Waals surface area contributed by atoms with Crippen molar-refractivity contribution < 1.29 is 4.79 Å². The summed E-state index contributed by atoms with van der Waals surface area (Å²) >= 11 is 0. The van der Waals surface area contributed by atoms with Crippen LogP contribution in [0, 0.1) is 0 Å². The Balaban J connectivity index is 0.972. The Morgan fingerprint density at radius 2 is 0.568 bits per heavy atom. The first-order valence-electron chi connectivity index (χ1n) is 31.5. The van der Waals surface area contributed by atoms with Crippen molar-refractivity contribution in [2.75, 3.05) is 5.32 Å². The predicted octanol–water partition coefficient (Wildman–Crippen LogP) is 20.7. The first kappa shape index (κ1) is 62.6. The van der Waals surface area contributed by atoms with Gasteiger partial charge in [-0.2, -0.15) is 0 Å². The molecular formula is C83H92N4O. The number of nitrogens with zero attached hydrogens (tertiary/aromatic N) is 3. The number of benzene rings is 9. The van der Waals surface area contributed by atoms with Gasteiger partial charge in [-0.15, -0.1) is 5.10 Å². The Kier molecular flexibility index (Phi) is 16.6. The maximum Gasteiger partial charge on any atom is 0.255 e. The quantitative estimate of drug-likeness (QED) is 0.124. The maximum atomic E-state index is 14.4. The van der Waals surface area contributed by atoms with E-state index in [0.717, 1.165) is 22.4 Å². The van der Waals surface area contributed by atoms with Crippen LogP contribution in [0.15, 0.2) is 225 Å². The van der Waals surface area contributed by atoms with E-state index >= 15 is 0 Å². The molecule has 1 aromatic heterocycles. The molecule has 0 atom stereocenters. The normalized spacial score (nSPS) is 12.9. The Bertz CT molecular complexity index is 3750. The molecule has 450 valence electrons. The summed E-state index contributed by atoms with van der Waals surface area (Å²) in [6, 6.07) is 80.3. The fourth-order valence-electron chi connectivity index (χ4n) is 12.5. The Morgan fingerprint density at radius 1 is 0.318 bits per heavy atom. The SMILES string of the molecule is CC(C)(C)c1ccc(C(c2ccc(NC(=O)c3cccc(-c4cn(-c5ccc(C(c6ccc(C(C)(C)C)cc6)(c6ccc(C(C)(C)C)cc6)c6ccc(C(C)(C)C)cc6)cc5)nn4)c3)cc2)(c2ccc(C(C)(C)C)cc2)c2ccc(C(C)(C)C)cc2)cc1. The van der Waals surface area contributed by atoms with Gasteiger partial charge >= 0.3 is 0 Å². The molecule has 0 fully saturated rings. The van der Waals surface area contributed by atoms with Gasteiger partial charge in [-0.25, -0.2) is 4.68 Å². The summed E-state index contributed by atoms with van der Waals surface area (Å²) in [4.78, 5) is 14.4. The van der Waals surface area contributed by atoms with E-state index in [2.05, 4.69) is 322 Å². The monoisotopic (exact) mass is 1160 g/mol. The van der Waals surface area contributed by atoms with Gasteiger partial charge < -0.3 is 5.32 Å². The lowest BCUT2D eigenvalue weighted by Crippen LogP contribution is -2.31. The third-order valence-electron chi connectivity index (χ3n) is 18.2. The van der Waals surface area contributed by atoms with Crippen LogP contribution in [0.25, 0.3) is 16.9 Å². The molecule has 1 heterocycles. The van der Waals surface area contributed by atoms with Crippen LogP contribution in [0.4, 0.5) is 5.69 Å². The molecular weight excluding hydrogens is 1070 g/mol. The van der Waals surface area contributed by atoms with Crippen LogP contribution in [0.2, 0.25) is 0 Å². The van der Waals surface area contributed by atoms with Gasteiger partial charge in [0.1, 0.15) is 5.69 Å². The highest BCUT2D eigenvalue weighted by Gasteiger charge is 2.41. The van der Waals surface area contributed by atoms with Crippen molar-refractivity contribution in [3.8, 4) is 16.9 Å². The molecule has 0 aliphatic rings. The fourth-order valence-corrected chi connectivity index (χ4v) is 12.5. The van der Waals surface area contributed by atoms with Gasteiger partial charge in [-0.05, 0) is 147 Å². The molecule has 88 heavy (non-hydrogen) atoms. The second kappa shape index (κ2) is 23.3. The predicted molar refractivity (Wildman–Crippen MR) is 370 cm³/mol. The molecule has 10 aromatic rings. The van der Waals surface area contributed by atoms with E-state index in [1.165, 1.54) is 66.8 Å². The Morgan fingerprint density at radius 3 is 0.841 bits per heavy atom. The summed E-state index contributed by atoms with van der Waals surface area (Å²) in [6.07, 6.45) is 1.94. The average Bonchev–Trinajstić information content (AvgIpc) is 0.858. The first-order chi connectivity index (χ1) is 41.3. The van der Waals surface area contributed by atoms with Gasteiger partial charge in [0.25, 0.3) is 5.91 Å². The van der Waals surface area contributed by atoms with Crippen molar-refractivity contribution in [3.05, 3.63) is 308 Å². The zero-order valence-electron chi connectivity index (χ0n) is 55.6. The lowest BCUT2D eigenvalue weighted by atomic mass is 9.64. The number of nitrogens with one attached hydrogen (secondary N) is 1. The van der Waals surface area contributed by atoms with Crippen LogP contribution in [0.1, 0.15) is 213 Å². The molecule has 0 spiro atoms. The van der Waals surface area contributed by atoms with E-state index in [-0.39, 0.29) is 38.4 Å². The summed E-state index contributed by atoms with van der Waals surface area (Å²) in [7, 11) is 0. The summed E-state index contributed by atoms with van der Waals surface area (Å²) in [5.74, 6) is -0.213. The number of hydrogen-bond donors (Lipinski definition) is 1. The van der Waals surface area contributed by atoms with Gasteiger partial charge in [0.15, 0.2) is 0 Å². The molecule has 0 radical (unpaired) electrons. The molecule has 0 bridgehead atoms. The lowest BCUT2D eigenvalue weighted by Gasteiger charge is -2.38. The number of hydrogen-bond acceptors (Lipinski definition) is 3. The van der Waals surface area contributed by atoms with Gasteiger partial charge in [0.2, 0.25) is 0 Å². The molecule has 5 nitrogen and oxygen atoms in total. The van der Waals surface area contributed by atoms with Crippen molar-refractivity contribution in [3.63, 3.8) is 0 Å². The molecule has 5 heteroatoms. The largest absolute Gasteiger partial charge is 0.322 e. The molecule has 1 amide bonds. The third kappa shape index (κ3) is 12.5. The number of aromatic nitrogens is 3. The van der Waals surface area contributed by atoms with Crippen molar-refractivity contribution >= 4 is 11.6 Å². The topological polar surface area (TPSA) is 59.8 Å². The summed E-state index contributed by atoms with van der Waals surface area (Å²) in [5.41, 5.74) is 19.2. The second-order valence-electron chi connectivity index (χ2n) is 30.7. The molecule has 10 rings (SSSR count). The third-order valence-corrected chi connectivity index (χ3v) is 18.2. The number of carbonyl (C=O) groups is 1. The van der Waals surface area contributed by atoms with Gasteiger partial charge in [-0.1, -0.05) is 312 Å². The highest BCUT2D eigenvalue weighted by molar-refractivity contribution is 6.05. The van der Waals surface area contributed by atoms with Crippen molar-refractivity contribution in [2.24, 2.45) is 0 Å². The zero-order valence-corrected chi connectivity index (χ0v) is 55.6. The van der Waals surface area contributed by atoms with Gasteiger partial charge in [0, 0.05) is 16.8 Å². The van der Waals surface area contributed by atoms with Crippen LogP contribution < -0.4 is 5.32 Å². The molecule has 0 aliphatic heterocycles. The average molecular weight is 1160 g/mol. The van der Waals surface area contributed by atoms with Gasteiger partial charge in [-0.3, -0.25) is 4.79 Å². The van der Waals surface area contributed by atoms with Crippen molar-refractivity contribution in [1.82, 2.24) is 15.0 Å². The van der Waals surface area contributed by atoms with Crippen LogP contribution >= 0.6 is 0 Å². The van der Waals surface area contributed by atoms with E-state index < -0.39 is 10.8 Å². The molecule has 9 aromatic carbocycles. The van der Waals surface area contributed by atoms with Crippen LogP contribution in [-0.4, -0.2) is 20.9 Å². The Labute approximate surface area is 526 Å². The number of carbonyl (C=O) groups excluding carboxylic acids is 1. The molecule has 0 saturated carbocycles. The highest BCUT2D eigenvalue weighted by Crippen LogP contribution is 2.49. The molecule has 1 N–H and O–H groups in total. The summed E-state index contributed by atoms with van der Waals surface area (Å²) in [6.45, 7) is 40.8. The molecule has 0 aliphatic carbocycles. The summed E-state index contributed by atoms with van der Waals surface area (Å²) < 4.78 is 1.82. The van der Waals surface area contributed by atoms with Crippen molar-refractivity contribution in [2.45, 2.75) is 168 Å². The van der Waals surface area contributed by atoms with E-state index in [1.807, 2.05) is 47.3 Å². The van der Waals surface area contributed by atoms with Crippen LogP contribution in [-0.2, 0) is 43.3 Å². The van der Waals surface area contributed by atoms with E-state index in [0.29, 0.717) is 16.9 Å². The minimum atomic E-state index is -0.680. The zero-order chi connectivity index (χ0) is 63.4. The van der Waals surface area contributed by atoms with Crippen molar-refractivity contribution in [1.29, 1.82) is 0 Å². The van der Waals surface area contributed by atoms with Crippen LogP contribution in [0.5, 0.6) is 0 Å². The number of anilines is 1. The van der Waals surface area contributed by atoms with Crippen LogP contribution in [0.3, 0.4) is 0 Å². The molecule has 0 unspecified atom stereocenters.